The first-order valence-corrected chi connectivity index (χ1v) is 6.53. The van der Waals surface area contributed by atoms with E-state index in [0.29, 0.717) is 5.92 Å². The zero-order chi connectivity index (χ0) is 10.3. The Morgan fingerprint density at radius 3 is 3.13 bits per heavy atom. The lowest BCUT2D eigenvalue weighted by molar-refractivity contribution is 0.733. The predicted octanol–water partition coefficient (Wildman–Crippen LogP) is 3.09. The summed E-state index contributed by atoms with van der Waals surface area (Å²) in [6.07, 6.45) is 1.27. The number of aromatic nitrogens is 2. The molecule has 2 aromatic rings. The molecule has 0 aliphatic carbocycles. The minimum absolute atomic E-state index is 0.641. The van der Waals surface area contributed by atoms with E-state index in [9.17, 15) is 0 Å². The standard InChI is InChI=1S/C12H14N2S/c1-8-3-2-4-10-11(8)14-12(13-10)9-5-6-15-7-9/h2-4,9H,5-7H2,1H3,(H,13,14). The SMILES string of the molecule is Cc1cccc2[nH]c(C3CCSC3)nc12. The van der Waals surface area contributed by atoms with Crippen molar-refractivity contribution in [2.75, 3.05) is 11.5 Å². The first-order chi connectivity index (χ1) is 7.34. The number of hydrogen-bond donors (Lipinski definition) is 1. The minimum Gasteiger partial charge on any atom is -0.342 e. The summed E-state index contributed by atoms with van der Waals surface area (Å²) in [6.45, 7) is 2.12. The third kappa shape index (κ3) is 1.55. The zero-order valence-electron chi connectivity index (χ0n) is 8.79. The largest absolute Gasteiger partial charge is 0.342 e. The van der Waals surface area contributed by atoms with Gasteiger partial charge in [-0.05, 0) is 30.7 Å². The fraction of sp³-hybridized carbons (Fsp3) is 0.417. The highest BCUT2D eigenvalue weighted by molar-refractivity contribution is 7.99. The number of imidazole rings is 1. The van der Waals surface area contributed by atoms with Gasteiger partial charge in [0.25, 0.3) is 0 Å². The van der Waals surface area contributed by atoms with Crippen LogP contribution in [0.3, 0.4) is 0 Å². The molecular weight excluding hydrogens is 204 g/mol. The second kappa shape index (κ2) is 3.56. The van der Waals surface area contributed by atoms with E-state index >= 15 is 0 Å². The van der Waals surface area contributed by atoms with Crippen LogP contribution in [0.2, 0.25) is 0 Å². The van der Waals surface area contributed by atoms with E-state index < -0.39 is 0 Å². The van der Waals surface area contributed by atoms with Crippen LogP contribution in [0.5, 0.6) is 0 Å². The lowest BCUT2D eigenvalue weighted by Crippen LogP contribution is -1.98. The quantitative estimate of drug-likeness (QED) is 0.796. The molecule has 3 rings (SSSR count). The van der Waals surface area contributed by atoms with Crippen molar-refractivity contribution in [3.63, 3.8) is 0 Å². The molecule has 3 heteroatoms. The van der Waals surface area contributed by atoms with Crippen LogP contribution in [0.25, 0.3) is 11.0 Å². The molecule has 1 unspecified atom stereocenters. The molecule has 1 atom stereocenters. The van der Waals surface area contributed by atoms with Crippen molar-refractivity contribution < 1.29 is 0 Å². The van der Waals surface area contributed by atoms with Crippen molar-refractivity contribution in [3.05, 3.63) is 29.6 Å². The van der Waals surface area contributed by atoms with Crippen LogP contribution < -0.4 is 0 Å². The molecule has 1 N–H and O–H groups in total. The van der Waals surface area contributed by atoms with Gasteiger partial charge in [0.1, 0.15) is 5.82 Å². The molecular formula is C12H14N2S. The molecule has 0 bridgehead atoms. The number of benzene rings is 1. The number of H-pyrrole nitrogens is 1. The van der Waals surface area contributed by atoms with Crippen LogP contribution in [-0.2, 0) is 0 Å². The molecule has 2 nitrogen and oxygen atoms in total. The maximum absolute atomic E-state index is 4.73. The average molecular weight is 218 g/mol. The molecule has 1 fully saturated rings. The van der Waals surface area contributed by atoms with Crippen LogP contribution in [0, 0.1) is 6.92 Å². The summed E-state index contributed by atoms with van der Waals surface area (Å²) in [5.74, 6) is 4.32. The number of para-hydroxylation sites is 1. The van der Waals surface area contributed by atoms with Gasteiger partial charge in [-0.25, -0.2) is 4.98 Å². The number of nitrogens with one attached hydrogen (secondary N) is 1. The van der Waals surface area contributed by atoms with E-state index in [1.54, 1.807) is 0 Å². The van der Waals surface area contributed by atoms with Gasteiger partial charge in [0.2, 0.25) is 0 Å². The van der Waals surface area contributed by atoms with E-state index in [-0.39, 0.29) is 0 Å². The molecule has 78 valence electrons. The number of aryl methyl sites for hydroxylation is 1. The van der Waals surface area contributed by atoms with Crippen molar-refractivity contribution in [3.8, 4) is 0 Å². The Balaban J connectivity index is 2.09. The summed E-state index contributed by atoms with van der Waals surface area (Å²) in [5.41, 5.74) is 3.59. The van der Waals surface area contributed by atoms with Crippen molar-refractivity contribution >= 4 is 22.8 Å². The highest BCUT2D eigenvalue weighted by Crippen LogP contribution is 2.32. The average Bonchev–Trinajstić information content (AvgIpc) is 2.86. The van der Waals surface area contributed by atoms with Crippen LogP contribution >= 0.6 is 11.8 Å². The van der Waals surface area contributed by atoms with Crippen LogP contribution in [0.4, 0.5) is 0 Å². The number of hydrogen-bond acceptors (Lipinski definition) is 2. The van der Waals surface area contributed by atoms with Crippen LogP contribution in [0.15, 0.2) is 18.2 Å². The number of fused-ring (bicyclic) bond motifs is 1. The van der Waals surface area contributed by atoms with E-state index in [0.717, 1.165) is 5.52 Å². The topological polar surface area (TPSA) is 28.7 Å². The van der Waals surface area contributed by atoms with Crippen molar-refractivity contribution in [1.29, 1.82) is 0 Å². The van der Waals surface area contributed by atoms with E-state index in [1.165, 1.54) is 34.8 Å². The molecule has 15 heavy (non-hydrogen) atoms. The van der Waals surface area contributed by atoms with Gasteiger partial charge in [-0.3, -0.25) is 0 Å². The van der Waals surface area contributed by atoms with Gasteiger partial charge in [0, 0.05) is 11.7 Å². The van der Waals surface area contributed by atoms with Gasteiger partial charge in [-0.1, -0.05) is 12.1 Å². The van der Waals surface area contributed by atoms with Crippen molar-refractivity contribution in [2.24, 2.45) is 0 Å². The summed E-state index contributed by atoms with van der Waals surface area (Å²) in [5, 5.41) is 0. The maximum Gasteiger partial charge on any atom is 0.111 e. The van der Waals surface area contributed by atoms with Gasteiger partial charge < -0.3 is 4.98 Å². The second-order valence-corrected chi connectivity index (χ2v) is 5.30. The zero-order valence-corrected chi connectivity index (χ0v) is 9.60. The number of rotatable bonds is 1. The third-order valence-electron chi connectivity index (χ3n) is 3.05. The summed E-state index contributed by atoms with van der Waals surface area (Å²) < 4.78 is 0. The number of aromatic amines is 1. The lowest BCUT2D eigenvalue weighted by Gasteiger charge is -2.01. The van der Waals surface area contributed by atoms with Crippen LogP contribution in [0.1, 0.15) is 23.7 Å². The summed E-state index contributed by atoms with van der Waals surface area (Å²) >= 11 is 2.03. The molecule has 0 amide bonds. The maximum atomic E-state index is 4.73. The Hall–Kier alpha value is -0.960. The third-order valence-corrected chi connectivity index (χ3v) is 4.21. The summed E-state index contributed by atoms with van der Waals surface area (Å²) in [7, 11) is 0. The monoisotopic (exact) mass is 218 g/mol. The Labute approximate surface area is 93.5 Å². The first-order valence-electron chi connectivity index (χ1n) is 5.37. The van der Waals surface area contributed by atoms with E-state index in [1.807, 2.05) is 11.8 Å². The Bertz CT molecular complexity index is 483. The summed E-state index contributed by atoms with van der Waals surface area (Å²) in [4.78, 5) is 8.18. The van der Waals surface area contributed by atoms with E-state index in [4.69, 9.17) is 4.98 Å². The van der Waals surface area contributed by atoms with Crippen molar-refractivity contribution in [2.45, 2.75) is 19.3 Å². The van der Waals surface area contributed by atoms with Gasteiger partial charge in [-0.15, -0.1) is 0 Å². The highest BCUT2D eigenvalue weighted by Gasteiger charge is 2.20. The molecule has 1 aromatic carbocycles. The highest BCUT2D eigenvalue weighted by atomic mass is 32.2. The van der Waals surface area contributed by atoms with Crippen LogP contribution in [-0.4, -0.2) is 21.5 Å². The predicted molar refractivity (Wildman–Crippen MR) is 65.5 cm³/mol. The normalized spacial score (nSPS) is 21.3. The molecule has 0 spiro atoms. The Morgan fingerprint density at radius 1 is 1.47 bits per heavy atom. The Morgan fingerprint density at radius 2 is 2.40 bits per heavy atom. The van der Waals surface area contributed by atoms with Crippen molar-refractivity contribution in [1.82, 2.24) is 9.97 Å². The van der Waals surface area contributed by atoms with Gasteiger partial charge in [0.15, 0.2) is 0 Å². The Kier molecular flexibility index (Phi) is 2.20. The first kappa shape index (κ1) is 9.28. The second-order valence-electron chi connectivity index (χ2n) is 4.15. The molecule has 1 aliphatic rings. The molecule has 0 radical (unpaired) electrons. The smallest absolute Gasteiger partial charge is 0.111 e. The lowest BCUT2D eigenvalue weighted by atomic mass is 10.1. The van der Waals surface area contributed by atoms with Gasteiger partial charge >= 0.3 is 0 Å². The fourth-order valence-corrected chi connectivity index (χ4v) is 3.37. The fourth-order valence-electron chi connectivity index (χ4n) is 2.14. The van der Waals surface area contributed by atoms with Gasteiger partial charge in [0.05, 0.1) is 11.0 Å². The molecule has 1 aliphatic heterocycles. The summed E-state index contributed by atoms with van der Waals surface area (Å²) in [6, 6.07) is 6.32. The molecule has 2 heterocycles. The van der Waals surface area contributed by atoms with E-state index in [2.05, 4.69) is 30.1 Å². The molecule has 0 saturated carbocycles. The minimum atomic E-state index is 0.641. The van der Waals surface area contributed by atoms with Gasteiger partial charge in [-0.2, -0.15) is 11.8 Å². The number of thioether (sulfide) groups is 1. The molecule has 1 aromatic heterocycles. The number of nitrogens with zero attached hydrogens (tertiary/aromatic N) is 1. The molecule has 1 saturated heterocycles.